The van der Waals surface area contributed by atoms with Crippen LogP contribution in [0, 0.1) is 17.8 Å². The zero-order chi connectivity index (χ0) is 17.8. The topological polar surface area (TPSA) is 55.4 Å². The molecule has 25 heavy (non-hydrogen) atoms. The minimum atomic E-state index is -0.280. The molecule has 2 fully saturated rings. The van der Waals surface area contributed by atoms with E-state index in [1.54, 1.807) is 0 Å². The number of hydrogen-bond donors (Lipinski definition) is 1. The van der Waals surface area contributed by atoms with E-state index in [-0.39, 0.29) is 18.5 Å². The zero-order valence-electron chi connectivity index (χ0n) is 15.3. The van der Waals surface area contributed by atoms with E-state index in [0.717, 1.165) is 24.4 Å². The Hall–Kier alpha value is -1.84. The summed E-state index contributed by atoms with van der Waals surface area (Å²) in [5.41, 5.74) is 2.00. The summed E-state index contributed by atoms with van der Waals surface area (Å²) in [6, 6.07) is 7.86. The van der Waals surface area contributed by atoms with E-state index in [1.807, 2.05) is 24.3 Å². The van der Waals surface area contributed by atoms with Crippen LogP contribution in [0.3, 0.4) is 0 Å². The highest BCUT2D eigenvalue weighted by Gasteiger charge is 2.40. The van der Waals surface area contributed by atoms with Crippen molar-refractivity contribution in [2.45, 2.75) is 58.3 Å². The van der Waals surface area contributed by atoms with Crippen molar-refractivity contribution in [3.05, 3.63) is 29.8 Å². The minimum Gasteiger partial charge on any atom is -0.456 e. The van der Waals surface area contributed by atoms with E-state index in [0.29, 0.717) is 24.2 Å². The van der Waals surface area contributed by atoms with E-state index in [1.165, 1.54) is 24.8 Å². The molecule has 0 heterocycles. The summed E-state index contributed by atoms with van der Waals surface area (Å²) < 4.78 is 5.17. The molecule has 136 valence electrons. The van der Waals surface area contributed by atoms with Gasteiger partial charge in [0, 0.05) is 12.1 Å². The van der Waals surface area contributed by atoms with Gasteiger partial charge in [0.2, 0.25) is 0 Å². The molecular formula is C21H29NO3. The van der Waals surface area contributed by atoms with Crippen LogP contribution >= 0.6 is 0 Å². The van der Waals surface area contributed by atoms with Gasteiger partial charge in [-0.3, -0.25) is 9.59 Å². The summed E-state index contributed by atoms with van der Waals surface area (Å²) in [5, 5.41) is 2.79. The summed E-state index contributed by atoms with van der Waals surface area (Å²) >= 11 is 0. The summed E-state index contributed by atoms with van der Waals surface area (Å²) in [4.78, 5) is 24.0. The molecule has 2 aliphatic carbocycles. The number of rotatable bonds is 7. The number of ether oxygens (including phenoxy) is 1. The van der Waals surface area contributed by atoms with Crippen molar-refractivity contribution >= 4 is 17.6 Å². The predicted octanol–water partition coefficient (Wildman–Crippen LogP) is 4.51. The molecule has 2 aliphatic rings. The first-order valence-corrected chi connectivity index (χ1v) is 9.60. The maximum absolute atomic E-state index is 12.0. The van der Waals surface area contributed by atoms with E-state index >= 15 is 0 Å². The second-order valence-corrected chi connectivity index (χ2v) is 7.78. The van der Waals surface area contributed by atoms with Gasteiger partial charge in [0.15, 0.2) is 6.61 Å². The average molecular weight is 343 g/mol. The lowest BCUT2D eigenvalue weighted by molar-refractivity contribution is -0.148. The quantitative estimate of drug-likeness (QED) is 0.741. The second-order valence-electron chi connectivity index (χ2n) is 7.78. The van der Waals surface area contributed by atoms with E-state index in [9.17, 15) is 9.59 Å². The van der Waals surface area contributed by atoms with Crippen LogP contribution in [0.4, 0.5) is 5.69 Å². The largest absolute Gasteiger partial charge is 0.456 e. The molecule has 0 radical (unpaired) electrons. The van der Waals surface area contributed by atoms with Gasteiger partial charge in [-0.15, -0.1) is 0 Å². The van der Waals surface area contributed by atoms with Crippen LogP contribution in [0.15, 0.2) is 24.3 Å². The molecule has 1 N–H and O–H groups in total. The summed E-state index contributed by atoms with van der Waals surface area (Å²) in [7, 11) is 0. The first kappa shape index (κ1) is 18.0. The molecule has 0 aliphatic heterocycles. The molecule has 0 spiro atoms. The Morgan fingerprint density at radius 1 is 1.20 bits per heavy atom. The van der Waals surface area contributed by atoms with Gasteiger partial charge in [-0.1, -0.05) is 32.4 Å². The molecule has 3 rings (SSSR count). The normalized spacial score (nSPS) is 25.6. The molecule has 0 unspecified atom stereocenters. The van der Waals surface area contributed by atoms with Crippen molar-refractivity contribution in [3.63, 3.8) is 0 Å². The molecule has 2 bridgehead atoms. The molecule has 4 nitrogen and oxygen atoms in total. The van der Waals surface area contributed by atoms with E-state index in [2.05, 4.69) is 19.2 Å². The third kappa shape index (κ3) is 4.62. The van der Waals surface area contributed by atoms with Gasteiger partial charge in [0.05, 0.1) is 0 Å². The fourth-order valence-corrected chi connectivity index (χ4v) is 4.37. The number of hydrogen-bond acceptors (Lipinski definition) is 3. The number of carbonyl (C=O) groups excluding carboxylic acids is 2. The molecule has 4 heteroatoms. The molecule has 1 aromatic rings. The van der Waals surface area contributed by atoms with E-state index in [4.69, 9.17) is 4.74 Å². The van der Waals surface area contributed by atoms with Crippen molar-refractivity contribution in [1.29, 1.82) is 0 Å². The van der Waals surface area contributed by atoms with Crippen molar-refractivity contribution in [2.24, 2.45) is 17.8 Å². The van der Waals surface area contributed by atoms with Crippen LogP contribution in [-0.4, -0.2) is 18.5 Å². The monoisotopic (exact) mass is 343 g/mol. The lowest BCUT2D eigenvalue weighted by atomic mass is 9.86. The Bertz CT molecular complexity index is 610. The number of amides is 1. The zero-order valence-corrected chi connectivity index (χ0v) is 15.3. The Balaban J connectivity index is 1.39. The maximum Gasteiger partial charge on any atom is 0.306 e. The van der Waals surface area contributed by atoms with Crippen molar-refractivity contribution in [1.82, 2.24) is 0 Å². The summed E-state index contributed by atoms with van der Waals surface area (Å²) in [5.74, 6) is 2.00. The fourth-order valence-electron chi connectivity index (χ4n) is 4.37. The number of benzene rings is 1. The SMILES string of the molecule is CC[C@H](C)c1ccc(NC(=O)COC(=O)C[C@@H]2C[C@H]3CC[C@@H]2C3)cc1. The van der Waals surface area contributed by atoms with Gasteiger partial charge in [0.1, 0.15) is 0 Å². The van der Waals surface area contributed by atoms with Gasteiger partial charge in [-0.25, -0.2) is 0 Å². The summed E-state index contributed by atoms with van der Waals surface area (Å²) in [6.45, 7) is 4.14. The third-order valence-corrected chi connectivity index (χ3v) is 6.05. The maximum atomic E-state index is 12.0. The molecule has 4 atom stereocenters. The molecular weight excluding hydrogens is 314 g/mol. The number of anilines is 1. The number of fused-ring (bicyclic) bond motifs is 2. The Labute approximate surface area is 150 Å². The number of carbonyl (C=O) groups is 2. The van der Waals surface area contributed by atoms with Crippen LogP contribution in [0.25, 0.3) is 0 Å². The minimum absolute atomic E-state index is 0.202. The van der Waals surface area contributed by atoms with Gasteiger partial charge < -0.3 is 10.1 Å². The first-order valence-electron chi connectivity index (χ1n) is 9.60. The van der Waals surface area contributed by atoms with E-state index < -0.39 is 0 Å². The van der Waals surface area contributed by atoms with Crippen molar-refractivity contribution < 1.29 is 14.3 Å². The van der Waals surface area contributed by atoms with Crippen molar-refractivity contribution in [3.8, 4) is 0 Å². The van der Waals surface area contributed by atoms with Gasteiger partial charge in [-0.05, 0) is 67.1 Å². The number of nitrogens with one attached hydrogen (secondary N) is 1. The van der Waals surface area contributed by atoms with Gasteiger partial charge in [-0.2, -0.15) is 0 Å². The lowest BCUT2D eigenvalue weighted by Gasteiger charge is -2.20. The van der Waals surface area contributed by atoms with Crippen LogP contribution < -0.4 is 5.32 Å². The Kier molecular flexibility index (Phi) is 5.77. The van der Waals surface area contributed by atoms with Crippen LogP contribution in [-0.2, 0) is 14.3 Å². The highest BCUT2D eigenvalue weighted by molar-refractivity contribution is 5.92. The van der Waals surface area contributed by atoms with Gasteiger partial charge in [0.25, 0.3) is 5.91 Å². The Morgan fingerprint density at radius 2 is 1.96 bits per heavy atom. The molecule has 0 saturated heterocycles. The predicted molar refractivity (Wildman–Crippen MR) is 98.3 cm³/mol. The van der Waals surface area contributed by atoms with Crippen molar-refractivity contribution in [2.75, 3.05) is 11.9 Å². The fraction of sp³-hybridized carbons (Fsp3) is 0.619. The summed E-state index contributed by atoms with van der Waals surface area (Å²) in [6.07, 6.45) is 6.59. The molecule has 0 aromatic heterocycles. The average Bonchev–Trinajstić information content (AvgIpc) is 3.23. The van der Waals surface area contributed by atoms with Gasteiger partial charge >= 0.3 is 5.97 Å². The highest BCUT2D eigenvalue weighted by Crippen LogP contribution is 2.49. The molecule has 2 saturated carbocycles. The number of esters is 1. The third-order valence-electron chi connectivity index (χ3n) is 6.05. The smallest absolute Gasteiger partial charge is 0.306 e. The molecule has 1 aromatic carbocycles. The van der Waals surface area contributed by atoms with Crippen LogP contribution in [0.5, 0.6) is 0 Å². The van der Waals surface area contributed by atoms with Crippen LogP contribution in [0.1, 0.15) is 63.9 Å². The van der Waals surface area contributed by atoms with Crippen LogP contribution in [0.2, 0.25) is 0 Å². The Morgan fingerprint density at radius 3 is 2.56 bits per heavy atom. The highest BCUT2D eigenvalue weighted by atomic mass is 16.5. The first-order chi connectivity index (χ1) is 12.0. The lowest BCUT2D eigenvalue weighted by Crippen LogP contribution is -2.23. The standard InChI is InChI=1S/C21H29NO3/c1-3-14(2)16-6-8-19(9-7-16)22-20(23)13-25-21(24)12-18-11-15-4-5-17(18)10-15/h6-9,14-15,17-18H,3-5,10-13H2,1-2H3,(H,22,23)/t14-,15-,17+,18-/m0/s1. The molecule has 1 amide bonds. The second kappa shape index (κ2) is 8.03.